The van der Waals surface area contributed by atoms with Gasteiger partial charge in [0.15, 0.2) is 11.4 Å². The largest absolute Gasteiger partial charge is 0.336 e. The first-order valence-corrected chi connectivity index (χ1v) is 12.8. The number of ketones is 1. The van der Waals surface area contributed by atoms with Gasteiger partial charge in [0.2, 0.25) is 0 Å². The van der Waals surface area contributed by atoms with Crippen LogP contribution in [0.25, 0.3) is 33.7 Å². The molecule has 1 fully saturated rings. The summed E-state index contributed by atoms with van der Waals surface area (Å²) >= 11 is 0. The number of aromatic nitrogens is 5. The Balaban J connectivity index is 1.24. The molecule has 186 valence electrons. The Bertz CT molecular complexity index is 1600. The molecule has 0 spiro atoms. The Morgan fingerprint density at radius 3 is 2.35 bits per heavy atom. The number of nitrogens with one attached hydrogen (secondary N) is 1. The van der Waals surface area contributed by atoms with E-state index in [4.69, 9.17) is 0 Å². The summed E-state index contributed by atoms with van der Waals surface area (Å²) in [5, 5.41) is 4.25. The van der Waals surface area contributed by atoms with E-state index in [-0.39, 0.29) is 16.6 Å². The normalized spacial score (nSPS) is 14.7. The van der Waals surface area contributed by atoms with Crippen LogP contribution in [0.2, 0.25) is 0 Å². The number of imidazole rings is 1. The maximum atomic E-state index is 13.2. The highest BCUT2D eigenvalue weighted by atomic mass is 16.1. The predicted octanol–water partition coefficient (Wildman–Crippen LogP) is 6.63. The van der Waals surface area contributed by atoms with Crippen LogP contribution >= 0.6 is 0 Å². The fourth-order valence-electron chi connectivity index (χ4n) is 5.12. The Kier molecular flexibility index (Phi) is 5.37. The van der Waals surface area contributed by atoms with E-state index in [1.165, 1.54) is 11.1 Å². The first kappa shape index (κ1) is 23.3. The molecule has 1 aliphatic carbocycles. The molecular weight excluding hydrogens is 458 g/mol. The average molecular weight is 490 g/mol. The van der Waals surface area contributed by atoms with E-state index in [9.17, 15) is 4.79 Å². The summed E-state index contributed by atoms with van der Waals surface area (Å²) in [5.41, 5.74) is 7.99. The van der Waals surface area contributed by atoms with Gasteiger partial charge in [0.1, 0.15) is 5.82 Å². The Labute approximate surface area is 216 Å². The molecule has 5 aromatic rings. The fourth-order valence-corrected chi connectivity index (χ4v) is 5.12. The van der Waals surface area contributed by atoms with Crippen LogP contribution in [0.1, 0.15) is 61.5 Å². The summed E-state index contributed by atoms with van der Waals surface area (Å²) < 4.78 is 1.76. The van der Waals surface area contributed by atoms with Gasteiger partial charge in [0.05, 0.1) is 17.3 Å². The third-order valence-corrected chi connectivity index (χ3v) is 7.60. The lowest BCUT2D eigenvalue weighted by atomic mass is 9.85. The molecule has 1 aliphatic rings. The van der Waals surface area contributed by atoms with E-state index in [1.54, 1.807) is 17.1 Å². The molecule has 0 unspecified atom stereocenters. The third kappa shape index (κ3) is 4.37. The van der Waals surface area contributed by atoms with Gasteiger partial charge < -0.3 is 4.98 Å². The predicted molar refractivity (Wildman–Crippen MR) is 147 cm³/mol. The maximum absolute atomic E-state index is 13.2. The fraction of sp³-hybridized carbons (Fsp3) is 0.290. The lowest BCUT2D eigenvalue weighted by Gasteiger charge is -2.19. The summed E-state index contributed by atoms with van der Waals surface area (Å²) in [5.74, 6) is 0.976. The molecule has 0 aliphatic heterocycles. The zero-order valence-corrected chi connectivity index (χ0v) is 21.7. The van der Waals surface area contributed by atoms with Gasteiger partial charge in [0, 0.05) is 42.4 Å². The van der Waals surface area contributed by atoms with Crippen molar-refractivity contribution in [2.75, 3.05) is 0 Å². The van der Waals surface area contributed by atoms with Crippen LogP contribution in [-0.2, 0) is 17.9 Å². The van der Waals surface area contributed by atoms with Crippen molar-refractivity contribution in [3.05, 3.63) is 89.9 Å². The van der Waals surface area contributed by atoms with Crippen LogP contribution in [-0.4, -0.2) is 30.5 Å². The van der Waals surface area contributed by atoms with E-state index in [0.717, 1.165) is 46.4 Å². The monoisotopic (exact) mass is 489 g/mol. The van der Waals surface area contributed by atoms with Crippen LogP contribution < -0.4 is 0 Å². The number of rotatable bonds is 6. The lowest BCUT2D eigenvalue weighted by molar-refractivity contribution is 0.0970. The first-order valence-electron chi connectivity index (χ1n) is 12.8. The highest BCUT2D eigenvalue weighted by Crippen LogP contribution is 2.52. The van der Waals surface area contributed by atoms with Gasteiger partial charge in [-0.2, -0.15) is 5.10 Å². The molecule has 3 aromatic heterocycles. The van der Waals surface area contributed by atoms with Crippen molar-refractivity contribution in [1.82, 2.24) is 24.7 Å². The molecule has 0 radical (unpaired) electrons. The van der Waals surface area contributed by atoms with Gasteiger partial charge in [-0.3, -0.25) is 9.48 Å². The van der Waals surface area contributed by atoms with E-state index >= 15 is 0 Å². The molecule has 3 heterocycles. The average Bonchev–Trinajstić information content (AvgIpc) is 3.31. The summed E-state index contributed by atoms with van der Waals surface area (Å²) in [6.45, 7) is 6.57. The van der Waals surface area contributed by atoms with Crippen molar-refractivity contribution >= 4 is 16.9 Å². The van der Waals surface area contributed by atoms with Crippen molar-refractivity contribution in [3.8, 4) is 22.5 Å². The van der Waals surface area contributed by atoms with Crippen LogP contribution in [0.3, 0.4) is 0 Å². The molecule has 6 heteroatoms. The van der Waals surface area contributed by atoms with Crippen LogP contribution in [0.4, 0.5) is 0 Å². The first-order chi connectivity index (χ1) is 17.7. The van der Waals surface area contributed by atoms with E-state index in [0.29, 0.717) is 12.1 Å². The van der Waals surface area contributed by atoms with Gasteiger partial charge in [-0.15, -0.1) is 0 Å². The van der Waals surface area contributed by atoms with Gasteiger partial charge in [0.25, 0.3) is 0 Å². The molecule has 2 aromatic carbocycles. The van der Waals surface area contributed by atoms with Crippen LogP contribution in [0.5, 0.6) is 0 Å². The number of aryl methyl sites for hydroxylation is 1. The highest BCUT2D eigenvalue weighted by molar-refractivity contribution is 5.97. The maximum Gasteiger partial charge on any atom is 0.178 e. The smallest absolute Gasteiger partial charge is 0.178 e. The van der Waals surface area contributed by atoms with Crippen molar-refractivity contribution in [3.63, 3.8) is 0 Å². The van der Waals surface area contributed by atoms with Gasteiger partial charge in [-0.05, 0) is 41.0 Å². The highest BCUT2D eigenvalue weighted by Gasteiger charge is 2.45. The molecule has 0 atom stereocenters. The summed E-state index contributed by atoms with van der Waals surface area (Å²) in [7, 11) is 1.89. The number of hydrogen-bond acceptors (Lipinski definition) is 4. The minimum atomic E-state index is -0.0483. The number of carbonyl (C=O) groups is 1. The van der Waals surface area contributed by atoms with Crippen molar-refractivity contribution in [2.24, 2.45) is 7.05 Å². The minimum Gasteiger partial charge on any atom is -0.336 e. The zero-order valence-electron chi connectivity index (χ0n) is 21.7. The second kappa shape index (κ2) is 8.51. The van der Waals surface area contributed by atoms with Crippen molar-refractivity contribution in [2.45, 2.75) is 50.9 Å². The SMILES string of the molecule is Cn1cc(-c2nc3nccc(-c4ccc(C5(CC(=O)c6ccc(C(C)(C)C)cc6)CC5)cc4)c3[nH]2)cn1. The molecule has 0 saturated heterocycles. The van der Waals surface area contributed by atoms with E-state index in [1.807, 2.05) is 31.4 Å². The molecular formula is C31H31N5O. The number of nitrogens with zero attached hydrogens (tertiary/aromatic N) is 4. The Morgan fingerprint density at radius 1 is 1.00 bits per heavy atom. The molecule has 6 nitrogen and oxygen atoms in total. The molecule has 0 amide bonds. The zero-order chi connectivity index (χ0) is 25.8. The summed E-state index contributed by atoms with van der Waals surface area (Å²) in [6.07, 6.45) is 8.17. The number of Topliss-reactive ketones (excluding diaryl/α,β-unsaturated/α-hetero) is 1. The van der Waals surface area contributed by atoms with Crippen molar-refractivity contribution < 1.29 is 4.79 Å². The summed E-state index contributed by atoms with van der Waals surface area (Å²) in [6, 6.07) is 18.8. The molecule has 1 saturated carbocycles. The number of H-pyrrole nitrogens is 1. The van der Waals surface area contributed by atoms with Gasteiger partial charge in [-0.1, -0.05) is 69.3 Å². The Hall–Kier alpha value is -4.06. The Morgan fingerprint density at radius 2 is 1.73 bits per heavy atom. The van der Waals surface area contributed by atoms with E-state index in [2.05, 4.69) is 77.2 Å². The molecule has 6 rings (SSSR count). The minimum absolute atomic E-state index is 0.0483. The molecule has 37 heavy (non-hydrogen) atoms. The number of hydrogen-bond donors (Lipinski definition) is 1. The van der Waals surface area contributed by atoms with Gasteiger partial charge >= 0.3 is 0 Å². The number of pyridine rings is 1. The third-order valence-electron chi connectivity index (χ3n) is 7.60. The number of fused-ring (bicyclic) bond motifs is 1. The number of aromatic amines is 1. The molecule has 0 bridgehead atoms. The van der Waals surface area contributed by atoms with Gasteiger partial charge in [-0.25, -0.2) is 9.97 Å². The van der Waals surface area contributed by atoms with Crippen LogP contribution in [0, 0.1) is 0 Å². The number of carbonyl (C=O) groups excluding carboxylic acids is 1. The second-order valence-corrected chi connectivity index (χ2v) is 11.3. The van der Waals surface area contributed by atoms with Crippen LogP contribution in [0.15, 0.2) is 73.2 Å². The topological polar surface area (TPSA) is 76.5 Å². The van der Waals surface area contributed by atoms with E-state index < -0.39 is 0 Å². The van der Waals surface area contributed by atoms with Crippen molar-refractivity contribution in [1.29, 1.82) is 0 Å². The second-order valence-electron chi connectivity index (χ2n) is 11.3. The quantitative estimate of drug-likeness (QED) is 0.272. The standard InChI is InChI=1S/C31H31N5O/c1-30(2,3)23-9-7-21(8-10-23)26(37)17-31(14-15-31)24-11-5-20(6-12-24)25-13-16-32-29-27(25)34-28(35-29)22-18-33-36(4)19-22/h5-13,16,18-19H,14-15,17H2,1-4H3,(H,32,34,35). The number of benzene rings is 2. The summed E-state index contributed by atoms with van der Waals surface area (Å²) in [4.78, 5) is 25.7. The molecule has 1 N–H and O–H groups in total. The lowest BCUT2D eigenvalue weighted by Crippen LogP contribution is -2.15.